The van der Waals surface area contributed by atoms with E-state index in [0.717, 1.165) is 36.5 Å². The number of carbonyl (C=O) groups excluding carboxylic acids is 1. The van der Waals surface area contributed by atoms with Gasteiger partial charge in [-0.2, -0.15) is 5.10 Å². The number of nitrogens with zero attached hydrogens (tertiary/aromatic N) is 3. The molecule has 19 heavy (non-hydrogen) atoms. The molecule has 0 N–H and O–H groups in total. The Bertz CT molecular complexity index is 587. The molecule has 0 aromatic carbocycles. The van der Waals surface area contributed by atoms with Crippen LogP contribution < -0.4 is 0 Å². The Morgan fingerprint density at radius 3 is 2.68 bits per heavy atom. The summed E-state index contributed by atoms with van der Waals surface area (Å²) < 4.78 is 9.23. The lowest BCUT2D eigenvalue weighted by molar-refractivity contribution is 0.111. The molecule has 0 saturated carbocycles. The molecule has 2 aromatic heterocycles. The summed E-state index contributed by atoms with van der Waals surface area (Å²) in [5, 5.41) is 4.60. The Kier molecular flexibility index (Phi) is 2.98. The summed E-state index contributed by atoms with van der Waals surface area (Å²) in [6.07, 6.45) is 1.77. The van der Waals surface area contributed by atoms with Gasteiger partial charge in [-0.15, -0.1) is 0 Å². The number of carbonyl (C=O) groups is 1. The van der Waals surface area contributed by atoms with Crippen LogP contribution in [0.4, 0.5) is 0 Å². The van der Waals surface area contributed by atoms with E-state index in [1.54, 1.807) is 4.68 Å². The molecule has 1 saturated heterocycles. The zero-order valence-corrected chi connectivity index (χ0v) is 11.2. The summed E-state index contributed by atoms with van der Waals surface area (Å²) in [5.41, 5.74) is 2.84. The second-order valence-electron chi connectivity index (χ2n) is 4.96. The first kappa shape index (κ1) is 12.2. The highest BCUT2D eigenvalue weighted by molar-refractivity contribution is 5.73. The molecule has 2 aromatic rings. The van der Waals surface area contributed by atoms with Crippen molar-refractivity contribution in [1.82, 2.24) is 14.3 Å². The van der Waals surface area contributed by atoms with Gasteiger partial charge in [0.15, 0.2) is 12.1 Å². The average Bonchev–Trinajstić information content (AvgIpc) is 3.09. The number of rotatable bonds is 3. The van der Waals surface area contributed by atoms with Crippen molar-refractivity contribution in [2.45, 2.75) is 26.3 Å². The van der Waals surface area contributed by atoms with Gasteiger partial charge in [-0.25, -0.2) is 0 Å². The summed E-state index contributed by atoms with van der Waals surface area (Å²) in [4.78, 5) is 11.2. The first-order chi connectivity index (χ1) is 9.20. The zero-order chi connectivity index (χ0) is 13.4. The van der Waals surface area contributed by atoms with Crippen molar-refractivity contribution in [3.63, 3.8) is 0 Å². The van der Waals surface area contributed by atoms with Crippen LogP contribution in [0.3, 0.4) is 0 Å². The number of aldehydes is 1. The van der Waals surface area contributed by atoms with Gasteiger partial charge in [0.2, 0.25) is 0 Å². The van der Waals surface area contributed by atoms with Crippen molar-refractivity contribution in [2.75, 3.05) is 13.2 Å². The van der Waals surface area contributed by atoms with Gasteiger partial charge in [0.05, 0.1) is 12.6 Å². The van der Waals surface area contributed by atoms with Gasteiger partial charge in [-0.05, 0) is 32.4 Å². The van der Waals surface area contributed by atoms with Crippen molar-refractivity contribution < 1.29 is 9.53 Å². The predicted molar refractivity (Wildman–Crippen MR) is 70.9 cm³/mol. The van der Waals surface area contributed by atoms with Crippen LogP contribution in [-0.2, 0) is 4.74 Å². The summed E-state index contributed by atoms with van der Waals surface area (Å²) in [6.45, 7) is 5.43. The molecule has 5 heteroatoms. The van der Waals surface area contributed by atoms with Crippen molar-refractivity contribution in [2.24, 2.45) is 0 Å². The Hall–Kier alpha value is -1.88. The third kappa shape index (κ3) is 2.00. The highest BCUT2D eigenvalue weighted by atomic mass is 16.5. The molecule has 0 aliphatic carbocycles. The van der Waals surface area contributed by atoms with Gasteiger partial charge in [-0.3, -0.25) is 9.48 Å². The van der Waals surface area contributed by atoms with E-state index < -0.39 is 0 Å². The van der Waals surface area contributed by atoms with Gasteiger partial charge in [0.1, 0.15) is 5.69 Å². The molecule has 0 radical (unpaired) electrons. The van der Waals surface area contributed by atoms with Crippen LogP contribution in [0.5, 0.6) is 0 Å². The Morgan fingerprint density at radius 2 is 2.11 bits per heavy atom. The third-order valence-electron chi connectivity index (χ3n) is 3.62. The monoisotopic (exact) mass is 259 g/mol. The Morgan fingerprint density at radius 1 is 1.37 bits per heavy atom. The van der Waals surface area contributed by atoms with Crippen LogP contribution in [0.2, 0.25) is 0 Å². The summed E-state index contributed by atoms with van der Waals surface area (Å²) in [6, 6.07) is 6.11. The molecule has 3 rings (SSSR count). The van der Waals surface area contributed by atoms with Crippen molar-refractivity contribution in [1.29, 1.82) is 0 Å². The molecule has 0 unspecified atom stereocenters. The van der Waals surface area contributed by atoms with Gasteiger partial charge in [0.25, 0.3) is 0 Å². The Balaban J connectivity index is 2.06. The van der Waals surface area contributed by atoms with Crippen molar-refractivity contribution in [3.8, 4) is 5.82 Å². The third-order valence-corrected chi connectivity index (χ3v) is 3.62. The van der Waals surface area contributed by atoms with E-state index in [4.69, 9.17) is 4.74 Å². The van der Waals surface area contributed by atoms with Crippen LogP contribution in [0.1, 0.15) is 34.3 Å². The SMILES string of the molecule is Cc1ccc(C)n1-c1cc(C=O)n([C@@H]2CCOC2)n1. The summed E-state index contributed by atoms with van der Waals surface area (Å²) in [5.74, 6) is 0.800. The number of aryl methyl sites for hydroxylation is 2. The lowest BCUT2D eigenvalue weighted by Crippen LogP contribution is -2.13. The van der Waals surface area contributed by atoms with Crippen molar-refractivity contribution >= 4 is 6.29 Å². The lowest BCUT2D eigenvalue weighted by atomic mass is 10.2. The summed E-state index contributed by atoms with van der Waals surface area (Å²) in [7, 11) is 0. The van der Waals surface area contributed by atoms with Crippen LogP contribution in [0.25, 0.3) is 5.82 Å². The minimum atomic E-state index is 0.171. The topological polar surface area (TPSA) is 49.0 Å². The largest absolute Gasteiger partial charge is 0.379 e. The molecule has 0 amide bonds. The standard InChI is InChI=1S/C14H17N3O2/c1-10-3-4-11(2)16(10)14-7-13(8-18)17(15-14)12-5-6-19-9-12/h3-4,7-8,12H,5-6,9H2,1-2H3/t12-/m1/s1. The van der Waals surface area contributed by atoms with E-state index in [9.17, 15) is 4.79 Å². The molecule has 3 heterocycles. The van der Waals surface area contributed by atoms with E-state index in [1.165, 1.54) is 0 Å². The number of hydrogen-bond donors (Lipinski definition) is 0. The molecule has 5 nitrogen and oxygen atoms in total. The molecule has 1 aliphatic rings. The molecule has 1 atom stereocenters. The highest BCUT2D eigenvalue weighted by Gasteiger charge is 2.22. The molecule has 1 fully saturated rings. The average molecular weight is 259 g/mol. The molecule has 1 aliphatic heterocycles. The second kappa shape index (κ2) is 4.66. The van der Waals surface area contributed by atoms with E-state index in [0.29, 0.717) is 12.3 Å². The fourth-order valence-electron chi connectivity index (χ4n) is 2.63. The smallest absolute Gasteiger partial charge is 0.168 e. The number of aromatic nitrogens is 3. The quantitative estimate of drug-likeness (QED) is 0.793. The van der Waals surface area contributed by atoms with Crippen LogP contribution in [0, 0.1) is 13.8 Å². The van der Waals surface area contributed by atoms with Gasteiger partial charge < -0.3 is 9.30 Å². The second-order valence-corrected chi connectivity index (χ2v) is 4.96. The van der Waals surface area contributed by atoms with Gasteiger partial charge in [0, 0.05) is 24.1 Å². The van der Waals surface area contributed by atoms with E-state index in [1.807, 2.05) is 32.0 Å². The fourth-order valence-corrected chi connectivity index (χ4v) is 2.63. The molecular weight excluding hydrogens is 242 g/mol. The fraction of sp³-hybridized carbons (Fsp3) is 0.429. The molecule has 0 bridgehead atoms. The first-order valence-corrected chi connectivity index (χ1v) is 6.48. The lowest BCUT2D eigenvalue weighted by Gasteiger charge is -2.10. The summed E-state index contributed by atoms with van der Waals surface area (Å²) >= 11 is 0. The number of hydrogen-bond acceptors (Lipinski definition) is 3. The molecular formula is C14H17N3O2. The van der Waals surface area contributed by atoms with Gasteiger partial charge in [-0.1, -0.05) is 0 Å². The van der Waals surface area contributed by atoms with E-state index in [2.05, 4.69) is 9.67 Å². The Labute approximate surface area is 111 Å². The minimum absolute atomic E-state index is 0.171. The predicted octanol–water partition coefficient (Wildman–Crippen LogP) is 2.06. The molecule has 100 valence electrons. The maximum Gasteiger partial charge on any atom is 0.168 e. The molecule has 0 spiro atoms. The van der Waals surface area contributed by atoms with Crippen LogP contribution >= 0.6 is 0 Å². The zero-order valence-electron chi connectivity index (χ0n) is 11.2. The maximum atomic E-state index is 11.2. The van der Waals surface area contributed by atoms with E-state index in [-0.39, 0.29) is 6.04 Å². The highest BCUT2D eigenvalue weighted by Crippen LogP contribution is 2.23. The van der Waals surface area contributed by atoms with Crippen LogP contribution in [0.15, 0.2) is 18.2 Å². The van der Waals surface area contributed by atoms with Crippen molar-refractivity contribution in [3.05, 3.63) is 35.3 Å². The van der Waals surface area contributed by atoms with Crippen LogP contribution in [-0.4, -0.2) is 33.8 Å². The minimum Gasteiger partial charge on any atom is -0.379 e. The van der Waals surface area contributed by atoms with E-state index >= 15 is 0 Å². The van der Waals surface area contributed by atoms with Gasteiger partial charge >= 0.3 is 0 Å². The number of ether oxygens (including phenoxy) is 1. The maximum absolute atomic E-state index is 11.2. The normalized spacial score (nSPS) is 18.9. The first-order valence-electron chi connectivity index (χ1n) is 6.48.